The molecule has 72 valence electrons. The topological polar surface area (TPSA) is 12.9 Å². The van der Waals surface area contributed by atoms with Gasteiger partial charge in [0.1, 0.15) is 0 Å². The van der Waals surface area contributed by atoms with Crippen LogP contribution in [0.5, 0.6) is 0 Å². The highest BCUT2D eigenvalue weighted by Crippen LogP contribution is 2.30. The van der Waals surface area contributed by atoms with Crippen LogP contribution in [-0.2, 0) is 5.88 Å². The average Bonchev–Trinajstić information content (AvgIpc) is 2.61. The Morgan fingerprint density at radius 3 is 2.64 bits per heavy atom. The molecule has 0 bridgehead atoms. The summed E-state index contributed by atoms with van der Waals surface area (Å²) in [6, 6.07) is 9.57. The summed E-state index contributed by atoms with van der Waals surface area (Å²) in [5.74, 6) is 0.241. The van der Waals surface area contributed by atoms with Gasteiger partial charge in [-0.1, -0.05) is 41.7 Å². The van der Waals surface area contributed by atoms with Crippen molar-refractivity contribution in [3.63, 3.8) is 0 Å². The zero-order valence-corrected chi connectivity index (χ0v) is 8.78. The summed E-state index contributed by atoms with van der Waals surface area (Å²) in [6.07, 6.45) is 0. The highest BCUT2D eigenvalue weighted by Gasteiger charge is 2.11. The molecule has 0 saturated heterocycles. The summed E-state index contributed by atoms with van der Waals surface area (Å²) in [5.41, 5.74) is 1.57. The Morgan fingerprint density at radius 1 is 1.29 bits per heavy atom. The highest BCUT2D eigenvalue weighted by molar-refractivity contribution is 7.13. The second-order valence-corrected chi connectivity index (χ2v) is 3.96. The van der Waals surface area contributed by atoms with Crippen molar-refractivity contribution in [2.45, 2.75) is 5.88 Å². The van der Waals surface area contributed by atoms with E-state index in [-0.39, 0.29) is 5.88 Å². The Kier molecular flexibility index (Phi) is 2.79. The molecule has 0 unspecified atom stereocenters. The number of benzene rings is 1. The van der Waals surface area contributed by atoms with Crippen LogP contribution in [0.25, 0.3) is 10.4 Å². The third-order valence-electron chi connectivity index (χ3n) is 1.83. The van der Waals surface area contributed by atoms with Crippen LogP contribution in [0.1, 0.15) is 5.69 Å². The van der Waals surface area contributed by atoms with Gasteiger partial charge in [-0.25, -0.2) is 4.98 Å². The van der Waals surface area contributed by atoms with E-state index in [1.807, 2.05) is 30.3 Å². The lowest BCUT2D eigenvalue weighted by atomic mass is 10.2. The summed E-state index contributed by atoms with van der Waals surface area (Å²) < 4.78 is 12.9. The van der Waals surface area contributed by atoms with E-state index in [1.54, 1.807) is 0 Å². The number of hydrogen-bond acceptors (Lipinski definition) is 2. The Bertz CT molecular complexity index is 427. The van der Waals surface area contributed by atoms with Gasteiger partial charge in [0.15, 0.2) is 0 Å². The molecule has 0 radical (unpaired) electrons. The van der Waals surface area contributed by atoms with Crippen molar-refractivity contribution < 1.29 is 4.39 Å². The van der Waals surface area contributed by atoms with E-state index in [2.05, 4.69) is 4.98 Å². The molecule has 1 nitrogen and oxygen atoms in total. The smallest absolute Gasteiger partial charge is 0.213 e. The number of thiazole rings is 1. The minimum absolute atomic E-state index is 0.241. The summed E-state index contributed by atoms with van der Waals surface area (Å²) in [7, 11) is 0. The van der Waals surface area contributed by atoms with Crippen LogP contribution in [0.15, 0.2) is 30.3 Å². The molecule has 1 aromatic carbocycles. The molecule has 0 fully saturated rings. The predicted molar refractivity (Wildman–Crippen MR) is 57.1 cm³/mol. The largest absolute Gasteiger partial charge is 0.269 e. The molecule has 0 spiro atoms. The molecule has 2 aromatic rings. The number of halogens is 2. The lowest BCUT2D eigenvalue weighted by Gasteiger charge is -1.97. The summed E-state index contributed by atoms with van der Waals surface area (Å²) in [5, 5.41) is -0.431. The van der Waals surface area contributed by atoms with Crippen molar-refractivity contribution in [1.29, 1.82) is 0 Å². The fraction of sp³-hybridized carbons (Fsp3) is 0.100. The fourth-order valence-electron chi connectivity index (χ4n) is 1.23. The minimum Gasteiger partial charge on any atom is -0.213 e. The molecule has 0 saturated carbocycles. The first-order chi connectivity index (χ1) is 6.81. The predicted octanol–water partition coefficient (Wildman–Crippen LogP) is 3.69. The zero-order valence-electron chi connectivity index (χ0n) is 7.21. The van der Waals surface area contributed by atoms with E-state index in [4.69, 9.17) is 11.6 Å². The second kappa shape index (κ2) is 4.07. The van der Waals surface area contributed by atoms with Crippen molar-refractivity contribution in [2.75, 3.05) is 0 Å². The number of rotatable bonds is 2. The Balaban J connectivity index is 2.51. The van der Waals surface area contributed by atoms with Crippen LogP contribution in [0, 0.1) is 5.26 Å². The van der Waals surface area contributed by atoms with E-state index in [9.17, 15) is 4.39 Å². The van der Waals surface area contributed by atoms with Gasteiger partial charge in [0.05, 0.1) is 16.5 Å². The number of hydrogen-bond donors (Lipinski definition) is 0. The molecular weight excluding hydrogens is 221 g/mol. The Hall–Kier alpha value is -0.930. The Labute approximate surface area is 90.2 Å². The quantitative estimate of drug-likeness (QED) is 0.713. The van der Waals surface area contributed by atoms with Gasteiger partial charge < -0.3 is 0 Å². The second-order valence-electron chi connectivity index (χ2n) is 2.74. The van der Waals surface area contributed by atoms with Gasteiger partial charge in [-0.2, -0.15) is 4.39 Å². The van der Waals surface area contributed by atoms with Gasteiger partial charge >= 0.3 is 0 Å². The Morgan fingerprint density at radius 2 is 2.00 bits per heavy atom. The molecule has 1 aromatic heterocycles. The lowest BCUT2D eigenvalue weighted by molar-refractivity contribution is 0.613. The van der Waals surface area contributed by atoms with E-state index >= 15 is 0 Å². The van der Waals surface area contributed by atoms with Crippen LogP contribution in [-0.4, -0.2) is 4.98 Å². The standard InChI is InChI=1S/C10H7ClFNS/c11-6-8-9(14-10(12)13-8)7-4-2-1-3-5-7/h1-5H,6H2. The van der Waals surface area contributed by atoms with Crippen molar-refractivity contribution >= 4 is 22.9 Å². The molecule has 0 amide bonds. The maximum absolute atomic E-state index is 12.9. The first kappa shape index (κ1) is 9.62. The van der Waals surface area contributed by atoms with E-state index in [0.29, 0.717) is 5.69 Å². The maximum atomic E-state index is 12.9. The van der Waals surface area contributed by atoms with Crippen molar-refractivity contribution in [1.82, 2.24) is 4.98 Å². The van der Waals surface area contributed by atoms with Crippen molar-refractivity contribution in [2.24, 2.45) is 0 Å². The van der Waals surface area contributed by atoms with E-state index in [1.165, 1.54) is 0 Å². The summed E-state index contributed by atoms with van der Waals surface area (Å²) in [4.78, 5) is 4.54. The molecule has 0 aliphatic rings. The normalized spacial score (nSPS) is 10.4. The summed E-state index contributed by atoms with van der Waals surface area (Å²) >= 11 is 6.70. The van der Waals surface area contributed by atoms with Gasteiger partial charge in [0, 0.05) is 0 Å². The fourth-order valence-corrected chi connectivity index (χ4v) is 2.31. The van der Waals surface area contributed by atoms with Crippen LogP contribution in [0.3, 0.4) is 0 Å². The van der Waals surface area contributed by atoms with Crippen LogP contribution in [0.4, 0.5) is 4.39 Å². The van der Waals surface area contributed by atoms with Crippen LogP contribution >= 0.6 is 22.9 Å². The minimum atomic E-state index is -0.431. The number of alkyl halides is 1. The molecule has 0 aliphatic carbocycles. The molecule has 0 atom stereocenters. The lowest BCUT2D eigenvalue weighted by Crippen LogP contribution is -1.81. The molecule has 2 rings (SSSR count). The van der Waals surface area contributed by atoms with Gasteiger partial charge in [-0.05, 0) is 5.56 Å². The monoisotopic (exact) mass is 227 g/mol. The maximum Gasteiger partial charge on any atom is 0.269 e. The number of aromatic nitrogens is 1. The third-order valence-corrected chi connectivity index (χ3v) is 3.02. The molecule has 0 N–H and O–H groups in total. The molecule has 1 heterocycles. The third kappa shape index (κ3) is 1.79. The molecule has 14 heavy (non-hydrogen) atoms. The van der Waals surface area contributed by atoms with Crippen molar-refractivity contribution in [3.05, 3.63) is 41.3 Å². The zero-order chi connectivity index (χ0) is 9.97. The van der Waals surface area contributed by atoms with Gasteiger partial charge in [-0.3, -0.25) is 0 Å². The summed E-state index contributed by atoms with van der Waals surface area (Å²) in [6.45, 7) is 0. The van der Waals surface area contributed by atoms with Crippen LogP contribution < -0.4 is 0 Å². The van der Waals surface area contributed by atoms with Gasteiger partial charge in [0.25, 0.3) is 5.26 Å². The van der Waals surface area contributed by atoms with Gasteiger partial charge in [-0.15, -0.1) is 11.6 Å². The van der Waals surface area contributed by atoms with Gasteiger partial charge in [0.2, 0.25) is 0 Å². The molecule has 0 aliphatic heterocycles. The van der Waals surface area contributed by atoms with E-state index < -0.39 is 5.26 Å². The number of nitrogens with zero attached hydrogens (tertiary/aromatic N) is 1. The highest BCUT2D eigenvalue weighted by atomic mass is 35.5. The molecular formula is C10H7ClFNS. The van der Waals surface area contributed by atoms with Crippen LogP contribution in [0.2, 0.25) is 0 Å². The first-order valence-corrected chi connectivity index (χ1v) is 5.43. The van der Waals surface area contributed by atoms with E-state index in [0.717, 1.165) is 21.8 Å². The molecule has 4 heteroatoms. The first-order valence-electron chi connectivity index (χ1n) is 4.08. The average molecular weight is 228 g/mol. The van der Waals surface area contributed by atoms with Crippen molar-refractivity contribution in [3.8, 4) is 10.4 Å². The SMILES string of the molecule is Fc1nc(CCl)c(-c2ccccc2)s1.